The summed E-state index contributed by atoms with van der Waals surface area (Å²) in [4.78, 5) is 11.4. The van der Waals surface area contributed by atoms with Crippen molar-refractivity contribution >= 4 is 5.91 Å². The number of rotatable bonds is 7. The highest BCUT2D eigenvalue weighted by molar-refractivity contribution is 5.77. The maximum atomic E-state index is 11.4. The number of nitrogens with one attached hydrogen (secondary N) is 2. The Bertz CT molecular complexity index is 258. The predicted molar refractivity (Wildman–Crippen MR) is 68.9 cm³/mol. The highest BCUT2D eigenvalue weighted by Crippen LogP contribution is 2.45. The number of carbonyl (C=O) groups excluding carboxylic acids is 1. The van der Waals surface area contributed by atoms with E-state index in [0.29, 0.717) is 25.2 Å². The Morgan fingerprint density at radius 2 is 2.12 bits per heavy atom. The zero-order valence-electron chi connectivity index (χ0n) is 11.5. The molecule has 0 spiro atoms. The molecule has 0 aromatic rings. The molecule has 3 unspecified atom stereocenters. The number of hydrogen-bond acceptors (Lipinski definition) is 3. The van der Waals surface area contributed by atoms with E-state index in [-0.39, 0.29) is 11.3 Å². The second-order valence-electron chi connectivity index (χ2n) is 4.93. The molecule has 1 saturated carbocycles. The van der Waals surface area contributed by atoms with Gasteiger partial charge >= 0.3 is 0 Å². The SMILES string of the molecule is CCNC(=O)CNC1CC(OCC)C1(C)CC. The molecule has 0 bridgehead atoms. The van der Waals surface area contributed by atoms with Crippen molar-refractivity contribution in [3.05, 3.63) is 0 Å². The van der Waals surface area contributed by atoms with E-state index >= 15 is 0 Å². The van der Waals surface area contributed by atoms with Gasteiger partial charge in [0.05, 0.1) is 12.6 Å². The molecule has 1 rings (SSSR count). The molecule has 1 fully saturated rings. The lowest BCUT2D eigenvalue weighted by Gasteiger charge is -2.53. The lowest BCUT2D eigenvalue weighted by Crippen LogP contribution is -2.63. The minimum absolute atomic E-state index is 0.0748. The summed E-state index contributed by atoms with van der Waals surface area (Å²) >= 11 is 0. The molecule has 1 amide bonds. The van der Waals surface area contributed by atoms with Crippen LogP contribution in [0.15, 0.2) is 0 Å². The van der Waals surface area contributed by atoms with Gasteiger partial charge in [-0.05, 0) is 26.7 Å². The van der Waals surface area contributed by atoms with Crippen LogP contribution < -0.4 is 10.6 Å². The van der Waals surface area contributed by atoms with Gasteiger partial charge in [0.1, 0.15) is 0 Å². The smallest absolute Gasteiger partial charge is 0.233 e. The highest BCUT2D eigenvalue weighted by atomic mass is 16.5. The molecule has 0 saturated heterocycles. The second kappa shape index (κ2) is 6.36. The largest absolute Gasteiger partial charge is 0.378 e. The minimum Gasteiger partial charge on any atom is -0.378 e. The Morgan fingerprint density at radius 1 is 1.41 bits per heavy atom. The van der Waals surface area contributed by atoms with Gasteiger partial charge < -0.3 is 15.4 Å². The fourth-order valence-electron chi connectivity index (χ4n) is 2.54. The molecule has 100 valence electrons. The first-order valence-electron chi connectivity index (χ1n) is 6.70. The van der Waals surface area contributed by atoms with Crippen LogP contribution in [0.5, 0.6) is 0 Å². The molecule has 1 aliphatic rings. The van der Waals surface area contributed by atoms with Gasteiger partial charge in [-0.25, -0.2) is 0 Å². The van der Waals surface area contributed by atoms with Crippen molar-refractivity contribution in [3.63, 3.8) is 0 Å². The third-order valence-electron chi connectivity index (χ3n) is 3.99. The summed E-state index contributed by atoms with van der Waals surface area (Å²) in [5, 5.41) is 6.14. The van der Waals surface area contributed by atoms with Gasteiger partial charge in [0, 0.05) is 24.6 Å². The van der Waals surface area contributed by atoms with Crippen LogP contribution in [0.3, 0.4) is 0 Å². The van der Waals surface area contributed by atoms with Crippen LogP contribution in [0.25, 0.3) is 0 Å². The van der Waals surface area contributed by atoms with E-state index in [9.17, 15) is 4.79 Å². The van der Waals surface area contributed by atoms with Crippen LogP contribution >= 0.6 is 0 Å². The Morgan fingerprint density at radius 3 is 2.65 bits per heavy atom. The summed E-state index contributed by atoms with van der Waals surface area (Å²) in [5.41, 5.74) is 0.169. The van der Waals surface area contributed by atoms with Crippen molar-refractivity contribution in [2.24, 2.45) is 5.41 Å². The monoisotopic (exact) mass is 242 g/mol. The van der Waals surface area contributed by atoms with Crippen molar-refractivity contribution in [1.82, 2.24) is 10.6 Å². The molecule has 0 aromatic carbocycles. The van der Waals surface area contributed by atoms with Crippen molar-refractivity contribution in [2.75, 3.05) is 19.7 Å². The Labute approximate surface area is 104 Å². The van der Waals surface area contributed by atoms with E-state index in [2.05, 4.69) is 24.5 Å². The quantitative estimate of drug-likeness (QED) is 0.707. The number of likely N-dealkylation sites (N-methyl/N-ethyl adjacent to an activating group) is 1. The molecule has 0 aliphatic heterocycles. The van der Waals surface area contributed by atoms with Gasteiger partial charge in [-0.3, -0.25) is 4.79 Å². The van der Waals surface area contributed by atoms with Gasteiger partial charge in [-0.15, -0.1) is 0 Å². The standard InChI is InChI=1S/C13H26N2O2/c1-5-13(4)10(8-11(13)17-7-3)15-9-12(16)14-6-2/h10-11,15H,5-9H2,1-4H3,(H,14,16). The predicted octanol–water partition coefficient (Wildman–Crippen LogP) is 1.31. The summed E-state index contributed by atoms with van der Waals surface area (Å²) in [7, 11) is 0. The maximum absolute atomic E-state index is 11.4. The first-order valence-corrected chi connectivity index (χ1v) is 6.70. The number of ether oxygens (including phenoxy) is 1. The molecule has 17 heavy (non-hydrogen) atoms. The zero-order valence-corrected chi connectivity index (χ0v) is 11.5. The Balaban J connectivity index is 2.38. The van der Waals surface area contributed by atoms with Gasteiger partial charge in [-0.2, -0.15) is 0 Å². The van der Waals surface area contributed by atoms with Crippen LogP contribution in [-0.4, -0.2) is 37.7 Å². The molecule has 0 radical (unpaired) electrons. The Kier molecular flexibility index (Phi) is 5.40. The van der Waals surface area contributed by atoms with Crippen LogP contribution in [0.4, 0.5) is 0 Å². The van der Waals surface area contributed by atoms with E-state index in [0.717, 1.165) is 19.4 Å². The van der Waals surface area contributed by atoms with Gasteiger partial charge in [0.2, 0.25) is 5.91 Å². The Hall–Kier alpha value is -0.610. The normalized spacial score (nSPS) is 32.0. The van der Waals surface area contributed by atoms with E-state index in [1.54, 1.807) is 0 Å². The van der Waals surface area contributed by atoms with E-state index in [1.807, 2.05) is 13.8 Å². The first kappa shape index (κ1) is 14.5. The number of amides is 1. The summed E-state index contributed by atoms with van der Waals surface area (Å²) < 4.78 is 5.73. The molecule has 0 heterocycles. The minimum atomic E-state index is 0.0748. The molecule has 0 aromatic heterocycles. The van der Waals surface area contributed by atoms with Crippen molar-refractivity contribution in [2.45, 2.75) is 52.7 Å². The second-order valence-corrected chi connectivity index (χ2v) is 4.93. The third kappa shape index (κ3) is 3.19. The van der Waals surface area contributed by atoms with Crippen molar-refractivity contribution < 1.29 is 9.53 Å². The van der Waals surface area contributed by atoms with Crippen LogP contribution in [0.2, 0.25) is 0 Å². The average molecular weight is 242 g/mol. The van der Waals surface area contributed by atoms with Crippen LogP contribution in [0.1, 0.15) is 40.5 Å². The maximum Gasteiger partial charge on any atom is 0.233 e. The van der Waals surface area contributed by atoms with E-state index in [1.165, 1.54) is 0 Å². The fourth-order valence-corrected chi connectivity index (χ4v) is 2.54. The summed E-state index contributed by atoms with van der Waals surface area (Å²) in [6.07, 6.45) is 2.42. The number of carbonyl (C=O) groups is 1. The summed E-state index contributed by atoms with van der Waals surface area (Å²) in [6.45, 7) is 10.3. The van der Waals surface area contributed by atoms with Gasteiger partial charge in [0.15, 0.2) is 0 Å². The van der Waals surface area contributed by atoms with E-state index in [4.69, 9.17) is 4.74 Å². The number of hydrogen-bond donors (Lipinski definition) is 2. The van der Waals surface area contributed by atoms with E-state index < -0.39 is 0 Å². The van der Waals surface area contributed by atoms with Crippen LogP contribution in [0, 0.1) is 5.41 Å². The first-order chi connectivity index (χ1) is 8.08. The van der Waals surface area contributed by atoms with Gasteiger partial charge in [0.25, 0.3) is 0 Å². The third-order valence-corrected chi connectivity index (χ3v) is 3.99. The molecular weight excluding hydrogens is 216 g/mol. The topological polar surface area (TPSA) is 50.4 Å². The van der Waals surface area contributed by atoms with Crippen LogP contribution in [-0.2, 0) is 9.53 Å². The average Bonchev–Trinajstić information content (AvgIpc) is 2.32. The highest BCUT2D eigenvalue weighted by Gasteiger charge is 2.50. The fraction of sp³-hybridized carbons (Fsp3) is 0.923. The molecule has 4 heteroatoms. The molecule has 1 aliphatic carbocycles. The molecule has 4 nitrogen and oxygen atoms in total. The van der Waals surface area contributed by atoms with Crippen molar-refractivity contribution in [1.29, 1.82) is 0 Å². The van der Waals surface area contributed by atoms with Crippen molar-refractivity contribution in [3.8, 4) is 0 Å². The zero-order chi connectivity index (χ0) is 12.9. The summed E-state index contributed by atoms with van der Waals surface area (Å²) in [6, 6.07) is 0.395. The molecule has 2 N–H and O–H groups in total. The molecule has 3 atom stereocenters. The summed E-state index contributed by atoms with van der Waals surface area (Å²) in [5.74, 6) is 0.0748. The molecular formula is C13H26N2O2. The van der Waals surface area contributed by atoms with Gasteiger partial charge in [-0.1, -0.05) is 13.8 Å². The lowest BCUT2D eigenvalue weighted by atomic mass is 9.61. The lowest BCUT2D eigenvalue weighted by molar-refractivity contribution is -0.131.